The van der Waals surface area contributed by atoms with E-state index in [-0.39, 0.29) is 17.1 Å². The molecule has 2 N–H and O–H groups in total. The van der Waals surface area contributed by atoms with E-state index in [0.29, 0.717) is 11.2 Å². The molecule has 3 heterocycles. The molecule has 0 spiro atoms. The van der Waals surface area contributed by atoms with Crippen molar-refractivity contribution in [2.75, 3.05) is 14.2 Å². The molecule has 1 amide bonds. The molecule has 0 saturated carbocycles. The number of amides is 1. The standard InChI is InChI=1S/C17H15N3O4/c1-9(10-4-6-19-15-11(10)5-7-20-15)14-12(17(22)23-3)8-13(24-14)16(21)18-2/h4-8H,1H2,2-3H3,(H,18,21)(H,19,20). The SMILES string of the molecule is C=C(c1oc(C(=O)NC)cc1C(=O)OC)c1ccnc2[nH]ccc12. The second-order valence-electron chi connectivity index (χ2n) is 5.00. The van der Waals surface area contributed by atoms with Crippen molar-refractivity contribution >= 4 is 28.5 Å². The highest BCUT2D eigenvalue weighted by atomic mass is 16.5. The normalized spacial score (nSPS) is 10.6. The molecule has 0 saturated heterocycles. The van der Waals surface area contributed by atoms with Gasteiger partial charge in [-0.3, -0.25) is 4.79 Å². The first-order chi connectivity index (χ1) is 11.6. The zero-order valence-corrected chi connectivity index (χ0v) is 13.2. The van der Waals surface area contributed by atoms with E-state index in [1.807, 2.05) is 6.07 Å². The van der Waals surface area contributed by atoms with Gasteiger partial charge in [0.15, 0.2) is 5.76 Å². The van der Waals surface area contributed by atoms with E-state index in [0.717, 1.165) is 10.9 Å². The number of hydrogen-bond donors (Lipinski definition) is 2. The van der Waals surface area contributed by atoms with Gasteiger partial charge in [-0.15, -0.1) is 0 Å². The monoisotopic (exact) mass is 325 g/mol. The molecule has 0 fully saturated rings. The molecular formula is C17H15N3O4. The Hall–Kier alpha value is -3.35. The van der Waals surface area contributed by atoms with Crippen molar-refractivity contribution in [2.24, 2.45) is 0 Å². The Morgan fingerprint density at radius 2 is 2.12 bits per heavy atom. The van der Waals surface area contributed by atoms with Gasteiger partial charge in [-0.25, -0.2) is 9.78 Å². The third-order valence-corrected chi connectivity index (χ3v) is 3.65. The summed E-state index contributed by atoms with van der Waals surface area (Å²) in [6.07, 6.45) is 3.38. The maximum Gasteiger partial charge on any atom is 0.341 e. The van der Waals surface area contributed by atoms with Crippen LogP contribution < -0.4 is 5.32 Å². The van der Waals surface area contributed by atoms with Gasteiger partial charge in [-0.05, 0) is 17.7 Å². The number of pyridine rings is 1. The summed E-state index contributed by atoms with van der Waals surface area (Å²) in [6.45, 7) is 4.03. The Morgan fingerprint density at radius 1 is 1.33 bits per heavy atom. The lowest BCUT2D eigenvalue weighted by molar-refractivity contribution is 0.0599. The largest absolute Gasteiger partial charge is 0.465 e. The summed E-state index contributed by atoms with van der Waals surface area (Å²) in [5.41, 5.74) is 2.02. The van der Waals surface area contributed by atoms with E-state index < -0.39 is 11.9 Å². The zero-order chi connectivity index (χ0) is 17.3. The van der Waals surface area contributed by atoms with Crippen LogP contribution in [0.2, 0.25) is 0 Å². The van der Waals surface area contributed by atoms with Crippen molar-refractivity contribution in [1.82, 2.24) is 15.3 Å². The van der Waals surface area contributed by atoms with Crippen LogP contribution in [0.4, 0.5) is 0 Å². The van der Waals surface area contributed by atoms with Crippen LogP contribution in [0.3, 0.4) is 0 Å². The summed E-state index contributed by atoms with van der Waals surface area (Å²) in [7, 11) is 2.74. The van der Waals surface area contributed by atoms with Crippen molar-refractivity contribution < 1.29 is 18.7 Å². The summed E-state index contributed by atoms with van der Waals surface area (Å²) in [6, 6.07) is 4.96. The first-order valence-corrected chi connectivity index (χ1v) is 7.12. The Balaban J connectivity index is 2.15. The summed E-state index contributed by atoms with van der Waals surface area (Å²) >= 11 is 0. The third-order valence-electron chi connectivity index (χ3n) is 3.65. The molecule has 0 atom stereocenters. The van der Waals surface area contributed by atoms with E-state index in [9.17, 15) is 9.59 Å². The first kappa shape index (κ1) is 15.5. The number of rotatable bonds is 4. The van der Waals surface area contributed by atoms with E-state index in [4.69, 9.17) is 9.15 Å². The molecule has 24 heavy (non-hydrogen) atoms. The van der Waals surface area contributed by atoms with Gasteiger partial charge in [0, 0.05) is 36.5 Å². The predicted molar refractivity (Wildman–Crippen MR) is 87.7 cm³/mol. The number of aromatic nitrogens is 2. The molecule has 0 aliphatic rings. The zero-order valence-electron chi connectivity index (χ0n) is 13.2. The van der Waals surface area contributed by atoms with Crippen LogP contribution in [-0.4, -0.2) is 36.0 Å². The molecule has 122 valence electrons. The van der Waals surface area contributed by atoms with Crippen LogP contribution in [0.25, 0.3) is 16.6 Å². The number of carbonyl (C=O) groups excluding carboxylic acids is 2. The molecule has 3 aromatic heterocycles. The molecule has 7 nitrogen and oxygen atoms in total. The van der Waals surface area contributed by atoms with Gasteiger partial charge in [0.2, 0.25) is 0 Å². The Morgan fingerprint density at radius 3 is 2.83 bits per heavy atom. The first-order valence-electron chi connectivity index (χ1n) is 7.12. The number of aromatic amines is 1. The third kappa shape index (κ3) is 2.45. The van der Waals surface area contributed by atoms with Gasteiger partial charge >= 0.3 is 5.97 Å². The minimum atomic E-state index is -0.607. The minimum absolute atomic E-state index is 0.00780. The van der Waals surface area contributed by atoms with E-state index in [2.05, 4.69) is 21.9 Å². The fraction of sp³-hybridized carbons (Fsp3) is 0.118. The maximum absolute atomic E-state index is 12.0. The number of fused-ring (bicyclic) bond motifs is 1. The highest BCUT2D eigenvalue weighted by Gasteiger charge is 2.24. The van der Waals surface area contributed by atoms with Crippen LogP contribution >= 0.6 is 0 Å². The number of furan rings is 1. The molecule has 0 aliphatic heterocycles. The molecular weight excluding hydrogens is 310 g/mol. The molecule has 3 aromatic rings. The Bertz CT molecular complexity index is 952. The van der Waals surface area contributed by atoms with Crippen molar-refractivity contribution in [1.29, 1.82) is 0 Å². The van der Waals surface area contributed by atoms with Gasteiger partial charge in [-0.1, -0.05) is 6.58 Å². The number of esters is 1. The highest BCUT2D eigenvalue weighted by Crippen LogP contribution is 2.31. The summed E-state index contributed by atoms with van der Waals surface area (Å²) in [4.78, 5) is 31.1. The lowest BCUT2D eigenvalue weighted by Gasteiger charge is -2.06. The molecule has 0 aliphatic carbocycles. The van der Waals surface area contributed by atoms with Gasteiger partial charge in [-0.2, -0.15) is 0 Å². The second kappa shape index (κ2) is 6.04. The van der Waals surface area contributed by atoms with Crippen LogP contribution in [0.1, 0.15) is 32.2 Å². The topological polar surface area (TPSA) is 97.2 Å². The van der Waals surface area contributed by atoms with Crippen molar-refractivity contribution in [3.8, 4) is 0 Å². The highest BCUT2D eigenvalue weighted by molar-refractivity contribution is 6.02. The van der Waals surface area contributed by atoms with Crippen LogP contribution in [0, 0.1) is 0 Å². The number of hydrogen-bond acceptors (Lipinski definition) is 5. The molecule has 3 rings (SSSR count). The van der Waals surface area contributed by atoms with Gasteiger partial charge in [0.1, 0.15) is 17.0 Å². The van der Waals surface area contributed by atoms with Crippen LogP contribution in [0.5, 0.6) is 0 Å². The average molecular weight is 325 g/mol. The van der Waals surface area contributed by atoms with Crippen molar-refractivity contribution in [3.63, 3.8) is 0 Å². The maximum atomic E-state index is 12.0. The molecule has 7 heteroatoms. The van der Waals surface area contributed by atoms with E-state index in [1.54, 1.807) is 18.5 Å². The number of carbonyl (C=O) groups is 2. The second-order valence-corrected chi connectivity index (χ2v) is 5.00. The number of H-pyrrole nitrogens is 1. The lowest BCUT2D eigenvalue weighted by atomic mass is 10.0. The predicted octanol–water partition coefficient (Wildman–Crippen LogP) is 2.36. The summed E-state index contributed by atoms with van der Waals surface area (Å²) in [5.74, 6) is -0.854. The van der Waals surface area contributed by atoms with Crippen LogP contribution in [-0.2, 0) is 4.74 Å². The molecule has 0 unspecified atom stereocenters. The molecule has 0 aromatic carbocycles. The van der Waals surface area contributed by atoms with Crippen molar-refractivity contribution in [2.45, 2.75) is 0 Å². The lowest BCUT2D eigenvalue weighted by Crippen LogP contribution is -2.16. The van der Waals surface area contributed by atoms with Crippen molar-refractivity contribution in [3.05, 3.63) is 59.8 Å². The van der Waals surface area contributed by atoms with Crippen LogP contribution in [0.15, 0.2) is 41.6 Å². The van der Waals surface area contributed by atoms with E-state index in [1.165, 1.54) is 20.2 Å². The Labute approximate surface area is 137 Å². The quantitative estimate of drug-likeness (QED) is 0.718. The number of nitrogens with zero attached hydrogens (tertiary/aromatic N) is 1. The van der Waals surface area contributed by atoms with Gasteiger partial charge in [0.25, 0.3) is 5.91 Å². The number of nitrogens with one attached hydrogen (secondary N) is 2. The average Bonchev–Trinajstić information content (AvgIpc) is 3.26. The summed E-state index contributed by atoms with van der Waals surface area (Å²) < 4.78 is 10.4. The van der Waals surface area contributed by atoms with Gasteiger partial charge < -0.3 is 19.5 Å². The molecule has 0 radical (unpaired) electrons. The number of methoxy groups -OCH3 is 1. The summed E-state index contributed by atoms with van der Waals surface area (Å²) in [5, 5.41) is 3.28. The van der Waals surface area contributed by atoms with Gasteiger partial charge in [0.05, 0.1) is 7.11 Å². The fourth-order valence-corrected chi connectivity index (χ4v) is 2.46. The minimum Gasteiger partial charge on any atom is -0.465 e. The number of ether oxygens (including phenoxy) is 1. The smallest absolute Gasteiger partial charge is 0.341 e. The fourth-order valence-electron chi connectivity index (χ4n) is 2.46. The molecule has 0 bridgehead atoms. The Kier molecular flexibility index (Phi) is 3.91. The van der Waals surface area contributed by atoms with E-state index >= 15 is 0 Å².